The molecule has 468 valence electrons. The van der Waals surface area contributed by atoms with Gasteiger partial charge in [0, 0.05) is 12.8 Å². The van der Waals surface area contributed by atoms with Gasteiger partial charge in [0.1, 0.15) is 6.10 Å². The quantitative estimate of drug-likeness (QED) is 0.0208. The van der Waals surface area contributed by atoms with E-state index in [1.165, 1.54) is 96.3 Å². The minimum Gasteiger partial charge on any atom is -0.479 e. The molecule has 2 aliphatic rings. The summed E-state index contributed by atoms with van der Waals surface area (Å²) in [7, 11) is 0. The van der Waals surface area contributed by atoms with Gasteiger partial charge in [-0.15, -0.1) is 0 Å². The van der Waals surface area contributed by atoms with Gasteiger partial charge in [-0.1, -0.05) is 249 Å². The summed E-state index contributed by atoms with van der Waals surface area (Å²) in [4.78, 5) is 57.2. The first-order valence-electron chi connectivity index (χ1n) is 33.0. The molecule has 9 unspecified atom stereocenters. The molecule has 4 N–H and O–H groups in total. The molecule has 2 aliphatic heterocycles. The summed E-state index contributed by atoms with van der Waals surface area (Å²) < 4.78 is 30.3. The molecule has 9 atom stereocenters. The number of rotatable bonds is 50. The molecule has 82 heavy (non-hydrogen) atoms. The number of aliphatic carboxylic acids is 1. The summed E-state index contributed by atoms with van der Waals surface area (Å²) in [6, 6.07) is 9.81. The number of unbranched alkanes of at least 4 members (excludes halogenated alkanes) is 29. The number of hydrogen-bond acceptors (Lipinski definition) is 12. The lowest BCUT2D eigenvalue weighted by Gasteiger charge is -2.49. The van der Waals surface area contributed by atoms with Crippen LogP contribution in [0.15, 0.2) is 60.7 Å². The van der Waals surface area contributed by atoms with Crippen LogP contribution >= 0.6 is 0 Å². The normalized spacial score (nSPS) is 22.7. The van der Waals surface area contributed by atoms with Crippen LogP contribution in [0.3, 0.4) is 0 Å². The van der Waals surface area contributed by atoms with Crippen LogP contribution in [0.1, 0.15) is 278 Å². The maximum absolute atomic E-state index is 15.0. The van der Waals surface area contributed by atoms with Gasteiger partial charge in [0.15, 0.2) is 6.10 Å². The molecule has 0 saturated carbocycles. The summed E-state index contributed by atoms with van der Waals surface area (Å²) in [6.45, 7) is 9.88. The fraction of sp³-hybridized carbons (Fsp3) is 0.768. The summed E-state index contributed by atoms with van der Waals surface area (Å²) >= 11 is 0. The number of ether oxygens (including phenoxy) is 5. The van der Waals surface area contributed by atoms with Crippen molar-refractivity contribution in [1.29, 1.82) is 0 Å². The van der Waals surface area contributed by atoms with Crippen LogP contribution in [0.5, 0.6) is 0 Å². The predicted octanol–water partition coefficient (Wildman–Crippen LogP) is 16.0. The van der Waals surface area contributed by atoms with Crippen LogP contribution in [-0.4, -0.2) is 98.9 Å². The highest BCUT2D eigenvalue weighted by Crippen LogP contribution is 2.56. The third-order valence-corrected chi connectivity index (χ3v) is 16.9. The van der Waals surface area contributed by atoms with E-state index in [-0.39, 0.29) is 38.4 Å². The smallest absolute Gasteiger partial charge is 0.346 e. The lowest BCUT2D eigenvalue weighted by atomic mass is 9.74. The highest BCUT2D eigenvalue weighted by Gasteiger charge is 2.86. The van der Waals surface area contributed by atoms with Gasteiger partial charge in [0.2, 0.25) is 17.5 Å². The van der Waals surface area contributed by atoms with E-state index in [2.05, 4.69) is 38.2 Å². The van der Waals surface area contributed by atoms with Gasteiger partial charge in [0.25, 0.3) is 5.60 Å². The maximum Gasteiger partial charge on any atom is 0.346 e. The number of hydrogen-bond donors (Lipinski definition) is 4. The molecule has 0 aliphatic carbocycles. The van der Waals surface area contributed by atoms with Gasteiger partial charge in [-0.25, -0.2) is 14.4 Å². The second kappa shape index (κ2) is 42.8. The molecule has 1 aromatic rings. The van der Waals surface area contributed by atoms with Crippen molar-refractivity contribution in [1.82, 2.24) is 0 Å². The van der Waals surface area contributed by atoms with E-state index in [1.54, 1.807) is 0 Å². The predicted molar refractivity (Wildman–Crippen MR) is 328 cm³/mol. The third kappa shape index (κ3) is 25.0. The molecule has 1 aromatic carbocycles. The number of allylic oxidation sites excluding steroid dienone is 5. The Labute approximate surface area is 496 Å². The summed E-state index contributed by atoms with van der Waals surface area (Å²) in [5.41, 5.74) is -5.77. The average Bonchev–Trinajstić information content (AvgIpc) is 2.02. The first kappa shape index (κ1) is 72.4. The molecule has 0 radical (unpaired) electrons. The van der Waals surface area contributed by atoms with Crippen molar-refractivity contribution in [2.24, 2.45) is 11.8 Å². The molecule has 2 heterocycles. The van der Waals surface area contributed by atoms with Crippen LogP contribution in [-0.2, 0) is 42.9 Å². The molecule has 2 bridgehead atoms. The Morgan fingerprint density at radius 1 is 0.622 bits per heavy atom. The van der Waals surface area contributed by atoms with Gasteiger partial charge in [0.05, 0.1) is 19.3 Å². The number of benzene rings is 1. The lowest BCUT2D eigenvalue weighted by molar-refractivity contribution is -0.376. The standard InChI is InChI=1S/C69H114O13/c1-6-9-12-15-18-21-24-26-29-32-35-38-44-54-78-64(73)63-68(77,65(74)75)69(66(76)79-55-45-39-36-33-30-27-25-22-19-16-13-10-7-2)62(80-59(70)51-43-37-34-31-28-23-20-17-14-11-8-3)61(72)67(81-63,82-69)53-52-57(5)60(71)56(4)47-46-50-58-48-41-40-42-49-58/h8,11,28,31,40-42,46,48-50,56-57,60-63,71-72,77H,6-7,9-10,12-27,29-30,32-39,43-45,47,51-55H2,1-5H3,(H,74,75). The first-order valence-corrected chi connectivity index (χ1v) is 33.0. The highest BCUT2D eigenvalue weighted by molar-refractivity contribution is 5.99. The van der Waals surface area contributed by atoms with Crippen molar-refractivity contribution in [3.63, 3.8) is 0 Å². The maximum atomic E-state index is 15.0. The number of fused-ring (bicyclic) bond motifs is 2. The summed E-state index contributed by atoms with van der Waals surface area (Å²) in [5, 5.41) is 48.2. The van der Waals surface area contributed by atoms with Gasteiger partial charge in [-0.3, -0.25) is 4.79 Å². The number of aliphatic hydroxyl groups is 3. The Hall–Kier alpha value is -3.88. The van der Waals surface area contributed by atoms with E-state index in [4.69, 9.17) is 23.7 Å². The topological polar surface area (TPSA) is 195 Å². The molecule has 13 heteroatoms. The fourth-order valence-electron chi connectivity index (χ4n) is 11.6. The van der Waals surface area contributed by atoms with Crippen molar-refractivity contribution < 1.29 is 63.3 Å². The summed E-state index contributed by atoms with van der Waals surface area (Å²) in [6.07, 6.45) is 39.2. The molecule has 3 rings (SSSR count). The van der Waals surface area contributed by atoms with Gasteiger partial charge >= 0.3 is 23.9 Å². The van der Waals surface area contributed by atoms with E-state index in [9.17, 15) is 34.8 Å². The van der Waals surface area contributed by atoms with Crippen LogP contribution < -0.4 is 0 Å². The Morgan fingerprint density at radius 2 is 1.10 bits per heavy atom. The fourth-order valence-corrected chi connectivity index (χ4v) is 11.6. The van der Waals surface area contributed by atoms with Gasteiger partial charge in [-0.05, 0) is 95.0 Å². The van der Waals surface area contributed by atoms with Crippen molar-refractivity contribution in [3.05, 3.63) is 66.3 Å². The second-order valence-corrected chi connectivity index (χ2v) is 24.0. The Kier molecular flexibility index (Phi) is 37.8. The zero-order valence-corrected chi connectivity index (χ0v) is 51.9. The van der Waals surface area contributed by atoms with Crippen molar-refractivity contribution >= 4 is 30.0 Å². The minimum absolute atomic E-state index is 0.0747. The Morgan fingerprint density at radius 3 is 1.60 bits per heavy atom. The molecular formula is C69H114O13. The lowest BCUT2D eigenvalue weighted by Crippen LogP contribution is -2.78. The molecule has 2 fully saturated rings. The van der Waals surface area contributed by atoms with Crippen molar-refractivity contribution in [2.45, 2.75) is 314 Å². The number of carbonyl (C=O) groups excluding carboxylic acids is 3. The first-order chi connectivity index (χ1) is 39.7. The largest absolute Gasteiger partial charge is 0.479 e. The zero-order chi connectivity index (χ0) is 59.7. The van der Waals surface area contributed by atoms with E-state index in [1.807, 2.05) is 63.3 Å². The van der Waals surface area contributed by atoms with Crippen LogP contribution in [0, 0.1) is 11.8 Å². The number of aliphatic hydroxyl groups excluding tert-OH is 2. The number of carboxylic acid groups (broad SMARTS) is 1. The molecule has 13 nitrogen and oxygen atoms in total. The minimum atomic E-state index is -3.61. The second-order valence-electron chi connectivity index (χ2n) is 24.0. The number of esters is 3. The number of carbonyl (C=O) groups is 4. The van der Waals surface area contributed by atoms with Crippen LogP contribution in [0.4, 0.5) is 0 Å². The number of carboxylic acids is 1. The van der Waals surface area contributed by atoms with E-state index < -0.39 is 71.2 Å². The third-order valence-electron chi connectivity index (χ3n) is 16.9. The molecule has 0 spiro atoms. The molecule has 2 saturated heterocycles. The van der Waals surface area contributed by atoms with Crippen molar-refractivity contribution in [3.8, 4) is 0 Å². The van der Waals surface area contributed by atoms with Gasteiger partial charge < -0.3 is 44.1 Å². The SMILES string of the molecule is CC=CCCCCC=CCCCCC(=O)OC1C(O)C2(CCC(C)C(O)C(C)CC=Cc3ccccc3)OC(C(=O)OCCCCCCCCCCCCCCC)C(O)(C(=O)O)C1(C(=O)OCCCCCCCCCCCCCCC)O2. The van der Waals surface area contributed by atoms with Crippen molar-refractivity contribution in [2.75, 3.05) is 13.2 Å². The van der Waals surface area contributed by atoms with E-state index >= 15 is 4.79 Å². The highest BCUT2D eigenvalue weighted by atomic mass is 16.8. The van der Waals surface area contributed by atoms with E-state index in [0.29, 0.717) is 44.9 Å². The van der Waals surface area contributed by atoms with Gasteiger partial charge in [-0.2, -0.15) is 0 Å². The molecule has 0 amide bonds. The monoisotopic (exact) mass is 1150 g/mol. The van der Waals surface area contributed by atoms with E-state index in [0.717, 1.165) is 82.6 Å². The Balaban J connectivity index is 1.86. The molecular weight excluding hydrogens is 1040 g/mol. The average molecular weight is 1150 g/mol. The summed E-state index contributed by atoms with van der Waals surface area (Å²) in [5.74, 6) is -8.76. The van der Waals surface area contributed by atoms with Crippen LogP contribution in [0.25, 0.3) is 6.08 Å². The zero-order valence-electron chi connectivity index (χ0n) is 51.9. The van der Waals surface area contributed by atoms with Crippen LogP contribution in [0.2, 0.25) is 0 Å². The molecule has 0 aromatic heterocycles. The Bertz CT molecular complexity index is 1950.